The maximum absolute atomic E-state index is 12.4. The number of hydrogen-bond acceptors (Lipinski definition) is 1. The smallest absolute Gasteiger partial charge is 0.225 e. The fourth-order valence-corrected chi connectivity index (χ4v) is 3.30. The van der Waals surface area contributed by atoms with Gasteiger partial charge in [0.05, 0.1) is 0 Å². The van der Waals surface area contributed by atoms with E-state index >= 15 is 0 Å². The van der Waals surface area contributed by atoms with Gasteiger partial charge in [-0.25, -0.2) is 0 Å². The van der Waals surface area contributed by atoms with Gasteiger partial charge in [0.15, 0.2) is 0 Å². The van der Waals surface area contributed by atoms with E-state index in [1.165, 1.54) is 12.8 Å². The van der Waals surface area contributed by atoms with Crippen molar-refractivity contribution in [3.63, 3.8) is 0 Å². The molecule has 17 heavy (non-hydrogen) atoms. The number of halogens is 1. The van der Waals surface area contributed by atoms with Crippen LogP contribution in [-0.2, 0) is 4.79 Å². The second kappa shape index (κ2) is 8.12. The third-order valence-corrected chi connectivity index (χ3v) is 4.68. The second-order valence-corrected chi connectivity index (χ2v) is 5.84. The summed E-state index contributed by atoms with van der Waals surface area (Å²) in [7, 11) is 0. The van der Waals surface area contributed by atoms with Gasteiger partial charge in [0.2, 0.25) is 5.91 Å². The van der Waals surface area contributed by atoms with Crippen molar-refractivity contribution in [2.75, 3.05) is 18.4 Å². The summed E-state index contributed by atoms with van der Waals surface area (Å²) in [6, 6.07) is 0. The van der Waals surface area contributed by atoms with Crippen molar-refractivity contribution in [2.24, 2.45) is 11.8 Å². The fraction of sp³-hybridized carbons (Fsp3) is 0.929. The monoisotopic (exact) mass is 303 g/mol. The number of carbonyl (C=O) groups excluding carboxylic acids is 1. The van der Waals surface area contributed by atoms with Crippen molar-refractivity contribution in [3.05, 3.63) is 0 Å². The maximum atomic E-state index is 12.4. The Labute approximate surface area is 114 Å². The van der Waals surface area contributed by atoms with Crippen LogP contribution in [0.2, 0.25) is 0 Å². The lowest BCUT2D eigenvalue weighted by molar-refractivity contribution is -0.137. The van der Waals surface area contributed by atoms with E-state index in [2.05, 4.69) is 34.7 Å². The van der Waals surface area contributed by atoms with E-state index in [1.807, 2.05) is 0 Å². The highest BCUT2D eigenvalue weighted by molar-refractivity contribution is 9.09. The molecule has 0 aromatic rings. The van der Waals surface area contributed by atoms with E-state index in [9.17, 15) is 4.79 Å². The number of piperidine rings is 1. The highest BCUT2D eigenvalue weighted by atomic mass is 79.9. The van der Waals surface area contributed by atoms with Crippen LogP contribution in [0.1, 0.15) is 52.4 Å². The minimum absolute atomic E-state index is 0.283. The van der Waals surface area contributed by atoms with Crippen LogP contribution in [0.5, 0.6) is 0 Å². The van der Waals surface area contributed by atoms with Crippen LogP contribution in [0, 0.1) is 11.8 Å². The molecule has 0 radical (unpaired) electrons. The van der Waals surface area contributed by atoms with Crippen LogP contribution in [0.4, 0.5) is 0 Å². The lowest BCUT2D eigenvalue weighted by Gasteiger charge is -2.33. The van der Waals surface area contributed by atoms with Gasteiger partial charge in [0.25, 0.3) is 0 Å². The van der Waals surface area contributed by atoms with E-state index in [0.29, 0.717) is 5.91 Å². The molecule has 1 heterocycles. The molecule has 0 aromatic carbocycles. The number of carbonyl (C=O) groups is 1. The SMILES string of the molecule is CCCC(CCC)C(=O)N1CCC(CBr)CC1. The molecule has 1 rings (SSSR count). The topological polar surface area (TPSA) is 20.3 Å². The van der Waals surface area contributed by atoms with Crippen LogP contribution in [0.25, 0.3) is 0 Å². The Kier molecular flexibility index (Phi) is 7.17. The molecule has 1 aliphatic heterocycles. The zero-order valence-corrected chi connectivity index (χ0v) is 12.8. The highest BCUT2D eigenvalue weighted by Crippen LogP contribution is 2.23. The maximum Gasteiger partial charge on any atom is 0.225 e. The first-order chi connectivity index (χ1) is 8.22. The van der Waals surface area contributed by atoms with Crippen molar-refractivity contribution in [3.8, 4) is 0 Å². The van der Waals surface area contributed by atoms with Crippen molar-refractivity contribution in [1.82, 2.24) is 4.90 Å². The minimum Gasteiger partial charge on any atom is -0.342 e. The zero-order chi connectivity index (χ0) is 12.7. The summed E-state index contributed by atoms with van der Waals surface area (Å²) < 4.78 is 0. The quantitative estimate of drug-likeness (QED) is 0.683. The number of alkyl halides is 1. The predicted molar refractivity (Wildman–Crippen MR) is 76.4 cm³/mol. The van der Waals surface area contributed by atoms with E-state index in [1.54, 1.807) is 0 Å². The van der Waals surface area contributed by atoms with Crippen molar-refractivity contribution < 1.29 is 4.79 Å². The molecule has 0 N–H and O–H groups in total. The molecule has 1 fully saturated rings. The molecule has 1 saturated heterocycles. The van der Waals surface area contributed by atoms with E-state index in [-0.39, 0.29) is 5.92 Å². The molecule has 0 unspecified atom stereocenters. The van der Waals surface area contributed by atoms with Crippen molar-refractivity contribution >= 4 is 21.8 Å². The first-order valence-electron chi connectivity index (χ1n) is 7.07. The van der Waals surface area contributed by atoms with Gasteiger partial charge in [0.1, 0.15) is 0 Å². The van der Waals surface area contributed by atoms with E-state index < -0.39 is 0 Å². The molecule has 1 aliphatic rings. The third-order valence-electron chi connectivity index (χ3n) is 3.77. The van der Waals surface area contributed by atoms with Crippen LogP contribution >= 0.6 is 15.9 Å². The van der Waals surface area contributed by atoms with Crippen LogP contribution < -0.4 is 0 Å². The summed E-state index contributed by atoms with van der Waals surface area (Å²) >= 11 is 3.54. The van der Waals surface area contributed by atoms with Crippen molar-refractivity contribution in [1.29, 1.82) is 0 Å². The lowest BCUT2D eigenvalue weighted by Crippen LogP contribution is -2.42. The lowest BCUT2D eigenvalue weighted by atomic mass is 9.93. The Bertz CT molecular complexity index is 218. The average Bonchev–Trinajstić information content (AvgIpc) is 2.38. The standard InChI is InChI=1S/C14H26BrNO/c1-3-5-13(6-4-2)14(17)16-9-7-12(11-15)8-10-16/h12-13H,3-11H2,1-2H3. The predicted octanol–water partition coefficient (Wildman–Crippen LogP) is 3.84. The molecule has 0 saturated carbocycles. The first-order valence-corrected chi connectivity index (χ1v) is 8.19. The summed E-state index contributed by atoms with van der Waals surface area (Å²) in [5.41, 5.74) is 0. The minimum atomic E-state index is 0.283. The fourth-order valence-electron chi connectivity index (χ4n) is 2.65. The number of rotatable bonds is 6. The molecule has 0 bridgehead atoms. The molecule has 100 valence electrons. The molecule has 1 amide bonds. The summed E-state index contributed by atoms with van der Waals surface area (Å²) in [5.74, 6) is 1.47. The Morgan fingerprint density at radius 2 is 1.76 bits per heavy atom. The summed E-state index contributed by atoms with van der Waals surface area (Å²) in [6.07, 6.45) is 6.70. The zero-order valence-electron chi connectivity index (χ0n) is 11.3. The Morgan fingerprint density at radius 1 is 1.24 bits per heavy atom. The first kappa shape index (κ1) is 15.0. The van der Waals surface area contributed by atoms with Gasteiger partial charge in [-0.05, 0) is 31.6 Å². The average molecular weight is 304 g/mol. The van der Waals surface area contributed by atoms with Gasteiger partial charge >= 0.3 is 0 Å². The molecule has 0 aliphatic carbocycles. The van der Waals surface area contributed by atoms with Crippen LogP contribution in [0.3, 0.4) is 0 Å². The van der Waals surface area contributed by atoms with Gasteiger partial charge in [0, 0.05) is 24.3 Å². The van der Waals surface area contributed by atoms with Gasteiger partial charge in [-0.3, -0.25) is 4.79 Å². The van der Waals surface area contributed by atoms with E-state index in [0.717, 1.165) is 50.0 Å². The summed E-state index contributed by atoms with van der Waals surface area (Å²) in [4.78, 5) is 14.5. The van der Waals surface area contributed by atoms with E-state index in [4.69, 9.17) is 0 Å². The van der Waals surface area contributed by atoms with Gasteiger partial charge in [-0.15, -0.1) is 0 Å². The Balaban J connectivity index is 2.45. The van der Waals surface area contributed by atoms with Gasteiger partial charge in [-0.2, -0.15) is 0 Å². The third kappa shape index (κ3) is 4.61. The number of hydrogen-bond donors (Lipinski definition) is 0. The second-order valence-electron chi connectivity index (χ2n) is 5.20. The van der Waals surface area contributed by atoms with Crippen molar-refractivity contribution in [2.45, 2.75) is 52.4 Å². The molecule has 0 atom stereocenters. The molecule has 0 spiro atoms. The number of amides is 1. The molecular weight excluding hydrogens is 278 g/mol. The van der Waals surface area contributed by atoms with Crippen LogP contribution in [0.15, 0.2) is 0 Å². The largest absolute Gasteiger partial charge is 0.342 e. The Hall–Kier alpha value is -0.0500. The van der Waals surface area contributed by atoms with Gasteiger partial charge in [-0.1, -0.05) is 42.6 Å². The summed E-state index contributed by atoms with van der Waals surface area (Å²) in [5, 5.41) is 1.09. The normalized spacial score (nSPS) is 17.8. The summed E-state index contributed by atoms with van der Waals surface area (Å²) in [6.45, 7) is 6.29. The molecule has 0 aromatic heterocycles. The van der Waals surface area contributed by atoms with Gasteiger partial charge < -0.3 is 4.90 Å². The number of nitrogens with zero attached hydrogens (tertiary/aromatic N) is 1. The molecule has 2 nitrogen and oxygen atoms in total. The highest BCUT2D eigenvalue weighted by Gasteiger charge is 2.26. The Morgan fingerprint density at radius 3 is 2.18 bits per heavy atom. The molecular formula is C14H26BrNO. The van der Waals surface area contributed by atoms with Crippen LogP contribution in [-0.4, -0.2) is 29.2 Å². The number of likely N-dealkylation sites (tertiary alicyclic amines) is 1. The molecule has 3 heteroatoms.